The van der Waals surface area contributed by atoms with E-state index in [0.29, 0.717) is 0 Å². The number of aromatic nitrogens is 2. The van der Waals surface area contributed by atoms with Gasteiger partial charge in [-0.3, -0.25) is 4.79 Å². The Morgan fingerprint density at radius 3 is 2.60 bits per heavy atom. The normalized spacial score (nSPS) is 10.2. The minimum atomic E-state index is -0.782. The number of hydrogen-bond acceptors (Lipinski definition) is 3. The van der Waals surface area contributed by atoms with E-state index in [-0.39, 0.29) is 11.4 Å². The molecule has 0 spiro atoms. The number of para-hydroxylation sites is 1. The zero-order valence-corrected chi connectivity index (χ0v) is 11.0. The summed E-state index contributed by atoms with van der Waals surface area (Å²) < 4.78 is 1.50. The Morgan fingerprint density at radius 2 is 2.00 bits per heavy atom. The molecule has 0 saturated carbocycles. The lowest BCUT2D eigenvalue weighted by molar-refractivity contribution is 0.0996. The van der Waals surface area contributed by atoms with Crippen LogP contribution in [0.25, 0.3) is 5.69 Å². The molecule has 20 heavy (non-hydrogen) atoms. The average Bonchev–Trinajstić information content (AvgIpc) is 2.81. The van der Waals surface area contributed by atoms with Crippen molar-refractivity contribution in [3.63, 3.8) is 0 Å². The molecule has 0 saturated heterocycles. The van der Waals surface area contributed by atoms with Gasteiger partial charge in [0.25, 0.3) is 5.91 Å². The van der Waals surface area contributed by atoms with Gasteiger partial charge in [-0.1, -0.05) is 25.1 Å². The molecule has 104 valence electrons. The molecule has 1 heterocycles. The largest absolute Gasteiger partial charge is 0.364 e. The lowest BCUT2D eigenvalue weighted by atomic mass is 10.1. The summed E-state index contributed by atoms with van der Waals surface area (Å²) >= 11 is 0. The van der Waals surface area contributed by atoms with E-state index in [1.165, 1.54) is 10.9 Å². The summed E-state index contributed by atoms with van der Waals surface area (Å²) in [6.45, 7) is 2.01. The van der Waals surface area contributed by atoms with E-state index < -0.39 is 11.9 Å². The van der Waals surface area contributed by atoms with Gasteiger partial charge in [0.2, 0.25) is 0 Å². The first-order valence-corrected chi connectivity index (χ1v) is 6.07. The number of nitrogens with zero attached hydrogens (tertiary/aromatic N) is 2. The quantitative estimate of drug-likeness (QED) is 0.772. The Kier molecular flexibility index (Phi) is 3.69. The number of carbonyl (C=O) groups is 2. The number of nitrogens with two attached hydrogens (primary N) is 2. The van der Waals surface area contributed by atoms with Crippen molar-refractivity contribution in [2.75, 3.05) is 5.32 Å². The molecule has 0 aliphatic rings. The summed E-state index contributed by atoms with van der Waals surface area (Å²) in [5.41, 5.74) is 12.3. The van der Waals surface area contributed by atoms with Crippen molar-refractivity contribution in [3.05, 3.63) is 41.7 Å². The van der Waals surface area contributed by atoms with Crippen molar-refractivity contribution in [3.8, 4) is 5.69 Å². The molecule has 0 aliphatic heterocycles. The molecular weight excluding hydrogens is 258 g/mol. The zero-order chi connectivity index (χ0) is 14.7. The highest BCUT2D eigenvalue weighted by atomic mass is 16.2. The molecule has 0 radical (unpaired) electrons. The highest BCUT2D eigenvalue weighted by Crippen LogP contribution is 2.20. The predicted molar refractivity (Wildman–Crippen MR) is 74.7 cm³/mol. The third-order valence-corrected chi connectivity index (χ3v) is 2.82. The Hall–Kier alpha value is -2.83. The molecular formula is C13H15N5O2. The fourth-order valence-corrected chi connectivity index (χ4v) is 1.94. The molecule has 2 aromatic rings. The molecule has 3 amide bonds. The smallest absolute Gasteiger partial charge is 0.316 e. The number of nitrogens with one attached hydrogen (secondary N) is 1. The standard InChI is InChI=1S/C13H15N5O2/c1-2-8-5-3-4-6-10(8)18-7-9(16-13(15)20)11(17-18)12(14)19/h3-7H,2H2,1H3,(H2,14,19)(H3,15,16,20). The minimum Gasteiger partial charge on any atom is -0.364 e. The van der Waals surface area contributed by atoms with Crippen molar-refractivity contribution in [2.45, 2.75) is 13.3 Å². The fourth-order valence-electron chi connectivity index (χ4n) is 1.94. The second-order valence-corrected chi connectivity index (χ2v) is 4.17. The second-order valence-electron chi connectivity index (χ2n) is 4.17. The van der Waals surface area contributed by atoms with E-state index in [1.807, 2.05) is 31.2 Å². The van der Waals surface area contributed by atoms with E-state index >= 15 is 0 Å². The maximum Gasteiger partial charge on any atom is 0.316 e. The first-order valence-electron chi connectivity index (χ1n) is 6.07. The number of benzene rings is 1. The highest BCUT2D eigenvalue weighted by Gasteiger charge is 2.16. The third kappa shape index (κ3) is 2.61. The maximum absolute atomic E-state index is 11.4. The van der Waals surface area contributed by atoms with Gasteiger partial charge in [0.05, 0.1) is 17.6 Å². The molecule has 7 nitrogen and oxygen atoms in total. The monoisotopic (exact) mass is 273 g/mol. The molecule has 0 unspecified atom stereocenters. The molecule has 1 aromatic heterocycles. The summed E-state index contributed by atoms with van der Waals surface area (Å²) in [5, 5.41) is 6.45. The van der Waals surface area contributed by atoms with Gasteiger partial charge in [-0.2, -0.15) is 5.10 Å². The molecule has 0 bridgehead atoms. The number of hydrogen-bond donors (Lipinski definition) is 3. The molecule has 0 aliphatic carbocycles. The fraction of sp³-hybridized carbons (Fsp3) is 0.154. The van der Waals surface area contributed by atoms with Gasteiger partial charge in [-0.25, -0.2) is 9.48 Å². The molecule has 0 atom stereocenters. The number of carbonyl (C=O) groups excluding carboxylic acids is 2. The number of aryl methyl sites for hydroxylation is 1. The summed E-state index contributed by atoms with van der Waals surface area (Å²) in [5.74, 6) is -0.735. The predicted octanol–water partition coefficient (Wildman–Crippen LogP) is 1.02. The summed E-state index contributed by atoms with van der Waals surface area (Å²) in [7, 11) is 0. The van der Waals surface area contributed by atoms with Crippen molar-refractivity contribution in [1.82, 2.24) is 9.78 Å². The van der Waals surface area contributed by atoms with E-state index in [2.05, 4.69) is 10.4 Å². The Labute approximate surface area is 115 Å². The molecule has 0 fully saturated rings. The van der Waals surface area contributed by atoms with Crippen LogP contribution in [0.15, 0.2) is 30.5 Å². The van der Waals surface area contributed by atoms with Crippen molar-refractivity contribution >= 4 is 17.6 Å². The SMILES string of the molecule is CCc1ccccc1-n1cc(NC(N)=O)c(C(N)=O)n1. The van der Waals surface area contributed by atoms with Gasteiger partial charge in [0.15, 0.2) is 5.69 Å². The van der Waals surface area contributed by atoms with Crippen LogP contribution in [0.1, 0.15) is 23.0 Å². The minimum absolute atomic E-state index is 0.0327. The van der Waals surface area contributed by atoms with Crippen LogP contribution >= 0.6 is 0 Å². The molecule has 7 heteroatoms. The van der Waals surface area contributed by atoms with Crippen LogP contribution in [-0.2, 0) is 6.42 Å². The highest BCUT2D eigenvalue weighted by molar-refractivity contribution is 6.00. The lowest BCUT2D eigenvalue weighted by Crippen LogP contribution is -2.22. The molecule has 2 rings (SSSR count). The van der Waals surface area contributed by atoms with Gasteiger partial charge in [0.1, 0.15) is 0 Å². The van der Waals surface area contributed by atoms with Gasteiger partial charge >= 0.3 is 6.03 Å². The van der Waals surface area contributed by atoms with Crippen molar-refractivity contribution in [2.24, 2.45) is 11.5 Å². The van der Waals surface area contributed by atoms with Gasteiger partial charge in [-0.05, 0) is 18.1 Å². The summed E-state index contributed by atoms with van der Waals surface area (Å²) in [6, 6.07) is 6.83. The Morgan fingerprint density at radius 1 is 1.30 bits per heavy atom. The van der Waals surface area contributed by atoms with Crippen LogP contribution in [0.5, 0.6) is 0 Å². The van der Waals surface area contributed by atoms with Crippen LogP contribution in [0, 0.1) is 0 Å². The number of primary amides is 2. The van der Waals surface area contributed by atoms with Crippen LogP contribution in [-0.4, -0.2) is 21.7 Å². The van der Waals surface area contributed by atoms with Crippen molar-refractivity contribution in [1.29, 1.82) is 0 Å². The molecule has 5 N–H and O–H groups in total. The van der Waals surface area contributed by atoms with E-state index in [9.17, 15) is 9.59 Å². The van der Waals surface area contributed by atoms with E-state index in [1.54, 1.807) is 0 Å². The first-order chi connectivity index (χ1) is 9.52. The Balaban J connectivity index is 2.52. The number of rotatable bonds is 4. The molecule has 1 aromatic carbocycles. The van der Waals surface area contributed by atoms with Crippen LogP contribution in [0.4, 0.5) is 10.5 Å². The van der Waals surface area contributed by atoms with E-state index in [0.717, 1.165) is 17.7 Å². The maximum atomic E-state index is 11.4. The third-order valence-electron chi connectivity index (χ3n) is 2.82. The van der Waals surface area contributed by atoms with Gasteiger partial charge < -0.3 is 16.8 Å². The average molecular weight is 273 g/mol. The van der Waals surface area contributed by atoms with Crippen molar-refractivity contribution < 1.29 is 9.59 Å². The zero-order valence-electron chi connectivity index (χ0n) is 11.0. The van der Waals surface area contributed by atoms with Gasteiger partial charge in [-0.15, -0.1) is 0 Å². The number of amides is 3. The second kappa shape index (κ2) is 5.43. The topological polar surface area (TPSA) is 116 Å². The van der Waals surface area contributed by atoms with Crippen LogP contribution in [0.2, 0.25) is 0 Å². The first kappa shape index (κ1) is 13.6. The van der Waals surface area contributed by atoms with Crippen LogP contribution in [0.3, 0.4) is 0 Å². The van der Waals surface area contributed by atoms with E-state index in [4.69, 9.17) is 11.5 Å². The number of anilines is 1. The lowest BCUT2D eigenvalue weighted by Gasteiger charge is -2.06. The summed E-state index contributed by atoms with van der Waals surface area (Å²) in [6.07, 6.45) is 2.32. The van der Waals surface area contributed by atoms with Crippen LogP contribution < -0.4 is 16.8 Å². The van der Waals surface area contributed by atoms with Gasteiger partial charge in [0, 0.05) is 0 Å². The summed E-state index contributed by atoms with van der Waals surface area (Å²) in [4.78, 5) is 22.3. The number of urea groups is 1. The Bertz CT molecular complexity index is 663.